The highest BCUT2D eigenvalue weighted by Crippen LogP contribution is 2.26. The molecule has 1 N–H and O–H groups in total. The lowest BCUT2D eigenvalue weighted by Crippen LogP contribution is -2.54. The molecule has 0 aromatic carbocycles. The van der Waals surface area contributed by atoms with Crippen LogP contribution in [-0.2, 0) is 11.3 Å². The predicted molar refractivity (Wildman–Crippen MR) is 111 cm³/mol. The van der Waals surface area contributed by atoms with Crippen LogP contribution in [0.25, 0.3) is 0 Å². The maximum atomic E-state index is 5.59. The summed E-state index contributed by atoms with van der Waals surface area (Å²) in [6, 6.07) is 2.02. The number of likely N-dealkylation sites (N-methyl/N-ethyl adjacent to an activating group) is 1. The van der Waals surface area contributed by atoms with Crippen LogP contribution in [0.3, 0.4) is 0 Å². The molecular formula is C20H36N6O2. The van der Waals surface area contributed by atoms with Gasteiger partial charge in [-0.1, -0.05) is 5.16 Å². The summed E-state index contributed by atoms with van der Waals surface area (Å²) in [6.45, 7) is 12.2. The van der Waals surface area contributed by atoms with E-state index in [0.29, 0.717) is 0 Å². The molecule has 3 heterocycles. The summed E-state index contributed by atoms with van der Waals surface area (Å²) in [5.74, 6) is 1.91. The zero-order chi connectivity index (χ0) is 20.0. The van der Waals surface area contributed by atoms with Gasteiger partial charge < -0.3 is 24.4 Å². The lowest BCUT2D eigenvalue weighted by Gasteiger charge is -2.42. The van der Waals surface area contributed by atoms with Crippen molar-refractivity contribution < 1.29 is 9.26 Å². The Labute approximate surface area is 168 Å². The number of aromatic nitrogens is 1. The van der Waals surface area contributed by atoms with E-state index >= 15 is 0 Å². The van der Waals surface area contributed by atoms with Crippen LogP contribution in [0.15, 0.2) is 15.6 Å². The van der Waals surface area contributed by atoms with Gasteiger partial charge in [-0.05, 0) is 40.8 Å². The van der Waals surface area contributed by atoms with Crippen LogP contribution in [0.5, 0.6) is 0 Å². The number of aliphatic imine (C=N–C) groups is 1. The first kappa shape index (κ1) is 21.1. The molecule has 3 rings (SSSR count). The quantitative estimate of drug-likeness (QED) is 0.576. The standard InChI is InChI=1S/C20H36N6O2/c1-5-21-19(22-16-20(24(3)4)6-12-27-13-7-20)26-10-8-25(9-11-26)15-18-14-17(2)28-23-18/h14H,5-13,15-16H2,1-4H3,(H,21,22). The number of hydrogen-bond acceptors (Lipinski definition) is 6. The second-order valence-corrected chi connectivity index (χ2v) is 8.09. The van der Waals surface area contributed by atoms with Crippen LogP contribution in [0.2, 0.25) is 0 Å². The monoisotopic (exact) mass is 392 g/mol. The zero-order valence-electron chi connectivity index (χ0n) is 17.9. The van der Waals surface area contributed by atoms with Gasteiger partial charge >= 0.3 is 0 Å². The number of nitrogens with one attached hydrogen (secondary N) is 1. The van der Waals surface area contributed by atoms with Crippen molar-refractivity contribution in [2.75, 3.05) is 66.6 Å². The van der Waals surface area contributed by atoms with E-state index in [1.165, 1.54) is 0 Å². The van der Waals surface area contributed by atoms with Crippen molar-refractivity contribution in [3.05, 3.63) is 17.5 Å². The Morgan fingerprint density at radius 1 is 1.25 bits per heavy atom. The molecule has 2 fully saturated rings. The average molecular weight is 393 g/mol. The van der Waals surface area contributed by atoms with Crippen LogP contribution in [0.4, 0.5) is 0 Å². The van der Waals surface area contributed by atoms with Gasteiger partial charge in [0.1, 0.15) is 5.76 Å². The molecule has 0 radical (unpaired) electrons. The zero-order valence-corrected chi connectivity index (χ0v) is 17.9. The molecule has 8 nitrogen and oxygen atoms in total. The largest absolute Gasteiger partial charge is 0.381 e. The molecule has 0 amide bonds. The summed E-state index contributed by atoms with van der Waals surface area (Å²) in [5.41, 5.74) is 1.12. The Morgan fingerprint density at radius 3 is 2.54 bits per heavy atom. The Bertz CT molecular complexity index is 630. The van der Waals surface area contributed by atoms with E-state index in [4.69, 9.17) is 14.3 Å². The summed E-state index contributed by atoms with van der Waals surface area (Å²) in [7, 11) is 4.33. The van der Waals surface area contributed by atoms with E-state index in [9.17, 15) is 0 Å². The van der Waals surface area contributed by atoms with E-state index in [1.54, 1.807) is 0 Å². The maximum absolute atomic E-state index is 5.59. The Hall–Kier alpha value is -1.64. The van der Waals surface area contributed by atoms with Gasteiger partial charge in [-0.2, -0.15) is 0 Å². The Morgan fingerprint density at radius 2 is 1.96 bits per heavy atom. The fourth-order valence-corrected chi connectivity index (χ4v) is 3.99. The van der Waals surface area contributed by atoms with Crippen molar-refractivity contribution >= 4 is 5.96 Å². The predicted octanol–water partition coefficient (Wildman–Crippen LogP) is 1.18. The molecule has 0 unspecified atom stereocenters. The third-order valence-electron chi connectivity index (χ3n) is 5.96. The number of nitrogens with zero attached hydrogens (tertiary/aromatic N) is 5. The molecule has 0 saturated carbocycles. The normalized spacial score (nSPS) is 21.3. The molecule has 0 bridgehead atoms. The summed E-state index contributed by atoms with van der Waals surface area (Å²) in [6.07, 6.45) is 2.07. The average Bonchev–Trinajstić information content (AvgIpc) is 3.11. The van der Waals surface area contributed by atoms with Gasteiger partial charge in [0, 0.05) is 64.1 Å². The van der Waals surface area contributed by atoms with Gasteiger partial charge in [0.2, 0.25) is 0 Å². The van der Waals surface area contributed by atoms with Gasteiger partial charge in [0.05, 0.1) is 12.2 Å². The molecule has 1 aromatic heterocycles. The smallest absolute Gasteiger partial charge is 0.194 e. The minimum absolute atomic E-state index is 0.103. The number of rotatable bonds is 6. The van der Waals surface area contributed by atoms with Crippen molar-refractivity contribution in [2.24, 2.45) is 4.99 Å². The molecule has 158 valence electrons. The molecule has 0 atom stereocenters. The molecule has 8 heteroatoms. The maximum Gasteiger partial charge on any atom is 0.194 e. The highest BCUT2D eigenvalue weighted by Gasteiger charge is 2.35. The van der Waals surface area contributed by atoms with Gasteiger partial charge in [-0.15, -0.1) is 0 Å². The number of piperazine rings is 1. The third-order valence-corrected chi connectivity index (χ3v) is 5.96. The third kappa shape index (κ3) is 5.24. The van der Waals surface area contributed by atoms with Crippen molar-refractivity contribution in [1.82, 2.24) is 25.2 Å². The second kappa shape index (κ2) is 9.71. The van der Waals surface area contributed by atoms with Crippen LogP contribution in [0, 0.1) is 6.92 Å². The van der Waals surface area contributed by atoms with E-state index in [0.717, 1.165) is 89.3 Å². The topological polar surface area (TPSA) is 69.4 Å². The van der Waals surface area contributed by atoms with Gasteiger partial charge in [0.25, 0.3) is 0 Å². The minimum atomic E-state index is 0.103. The van der Waals surface area contributed by atoms with Crippen molar-refractivity contribution in [3.8, 4) is 0 Å². The SMILES string of the molecule is CCNC(=NCC1(N(C)C)CCOCC1)N1CCN(Cc2cc(C)on2)CC1. The van der Waals surface area contributed by atoms with E-state index in [-0.39, 0.29) is 5.54 Å². The summed E-state index contributed by atoms with van der Waals surface area (Å²) < 4.78 is 10.8. The van der Waals surface area contributed by atoms with Gasteiger partial charge in [-0.3, -0.25) is 9.89 Å². The van der Waals surface area contributed by atoms with Crippen molar-refractivity contribution in [1.29, 1.82) is 0 Å². The fraction of sp³-hybridized carbons (Fsp3) is 0.800. The van der Waals surface area contributed by atoms with Crippen molar-refractivity contribution in [3.63, 3.8) is 0 Å². The van der Waals surface area contributed by atoms with Gasteiger partial charge in [0.15, 0.2) is 5.96 Å². The molecular weight excluding hydrogens is 356 g/mol. The Kier molecular flexibility index (Phi) is 7.31. The lowest BCUT2D eigenvalue weighted by molar-refractivity contribution is -0.00268. The van der Waals surface area contributed by atoms with Crippen LogP contribution in [0.1, 0.15) is 31.2 Å². The first-order valence-electron chi connectivity index (χ1n) is 10.5. The highest BCUT2D eigenvalue weighted by atomic mass is 16.5. The van der Waals surface area contributed by atoms with Crippen molar-refractivity contribution in [2.45, 2.75) is 38.8 Å². The molecule has 0 aliphatic carbocycles. The Balaban J connectivity index is 1.58. The summed E-state index contributed by atoms with van der Waals surface area (Å²) in [4.78, 5) is 12.2. The summed E-state index contributed by atoms with van der Waals surface area (Å²) >= 11 is 0. The van der Waals surface area contributed by atoms with Crippen LogP contribution < -0.4 is 5.32 Å². The minimum Gasteiger partial charge on any atom is -0.381 e. The van der Waals surface area contributed by atoms with Gasteiger partial charge in [-0.25, -0.2) is 0 Å². The fourth-order valence-electron chi connectivity index (χ4n) is 3.99. The summed E-state index contributed by atoms with van der Waals surface area (Å²) in [5, 5.41) is 7.61. The number of hydrogen-bond donors (Lipinski definition) is 1. The van der Waals surface area contributed by atoms with E-state index in [2.05, 4.69) is 46.2 Å². The highest BCUT2D eigenvalue weighted by molar-refractivity contribution is 5.80. The number of aryl methyl sites for hydroxylation is 1. The molecule has 2 aliphatic rings. The lowest BCUT2D eigenvalue weighted by atomic mass is 9.89. The first-order chi connectivity index (χ1) is 13.5. The second-order valence-electron chi connectivity index (χ2n) is 8.09. The molecule has 0 spiro atoms. The van der Waals surface area contributed by atoms with Crippen LogP contribution >= 0.6 is 0 Å². The number of guanidine groups is 1. The first-order valence-corrected chi connectivity index (χ1v) is 10.5. The van der Waals surface area contributed by atoms with E-state index < -0.39 is 0 Å². The number of ether oxygens (including phenoxy) is 1. The molecule has 1 aromatic rings. The molecule has 2 saturated heterocycles. The molecule has 2 aliphatic heterocycles. The van der Waals surface area contributed by atoms with Crippen LogP contribution in [-0.4, -0.2) is 97.9 Å². The van der Waals surface area contributed by atoms with E-state index in [1.807, 2.05) is 13.0 Å². The molecule has 28 heavy (non-hydrogen) atoms.